The Hall–Kier alpha value is -2.09. The third-order valence-electron chi connectivity index (χ3n) is 3.18. The molecule has 2 N–H and O–H groups in total. The Morgan fingerprint density at radius 1 is 1.41 bits per heavy atom. The first-order valence-corrected chi connectivity index (χ1v) is 6.75. The highest BCUT2D eigenvalue weighted by Crippen LogP contribution is 2.31. The smallest absolute Gasteiger partial charge is 0.396 e. The molecule has 0 radical (unpaired) electrons. The number of aromatic nitrogens is 2. The molecule has 1 atom stereocenters. The summed E-state index contributed by atoms with van der Waals surface area (Å²) in [5.74, 6) is -1.66. The molecular weight excluding hydrogens is 299 g/mol. The first-order chi connectivity index (χ1) is 10.3. The van der Waals surface area contributed by atoms with E-state index in [-0.39, 0.29) is 23.7 Å². The standard InChI is InChI=1S/C14H16F3N3O2/c1-9(6-7-21)18-12(22)8-20-11-5-3-2-4-10(11)19-13(20)14(15,16)17/h2-5,9,21H,6-8H2,1H3,(H,18,22)/t9-/m1/s1. The van der Waals surface area contributed by atoms with Crippen LogP contribution >= 0.6 is 0 Å². The summed E-state index contributed by atoms with van der Waals surface area (Å²) in [6.45, 7) is 1.08. The quantitative estimate of drug-likeness (QED) is 0.886. The number of rotatable bonds is 5. The zero-order chi connectivity index (χ0) is 16.3. The van der Waals surface area contributed by atoms with Crippen molar-refractivity contribution in [1.29, 1.82) is 0 Å². The van der Waals surface area contributed by atoms with Crippen LogP contribution in [0.3, 0.4) is 0 Å². The summed E-state index contributed by atoms with van der Waals surface area (Å²) >= 11 is 0. The lowest BCUT2D eigenvalue weighted by Gasteiger charge is -2.15. The molecule has 2 rings (SSSR count). The van der Waals surface area contributed by atoms with Gasteiger partial charge in [0.1, 0.15) is 6.54 Å². The number of amides is 1. The first-order valence-electron chi connectivity index (χ1n) is 6.75. The average Bonchev–Trinajstić information content (AvgIpc) is 2.78. The molecule has 1 heterocycles. The summed E-state index contributed by atoms with van der Waals surface area (Å²) in [6.07, 6.45) is -4.31. The molecule has 0 saturated heterocycles. The van der Waals surface area contributed by atoms with Gasteiger partial charge in [-0.05, 0) is 25.5 Å². The molecule has 0 saturated carbocycles. The maximum absolute atomic E-state index is 13.1. The van der Waals surface area contributed by atoms with E-state index in [0.29, 0.717) is 6.42 Å². The lowest BCUT2D eigenvalue weighted by Crippen LogP contribution is -2.36. The fraction of sp³-hybridized carbons (Fsp3) is 0.429. The molecule has 0 aliphatic rings. The maximum Gasteiger partial charge on any atom is 0.449 e. The number of aliphatic hydroxyl groups excluding tert-OH is 1. The van der Waals surface area contributed by atoms with E-state index in [1.807, 2.05) is 0 Å². The van der Waals surface area contributed by atoms with E-state index in [9.17, 15) is 18.0 Å². The van der Waals surface area contributed by atoms with Gasteiger partial charge in [0.05, 0.1) is 11.0 Å². The van der Waals surface area contributed by atoms with Gasteiger partial charge in [0.25, 0.3) is 0 Å². The maximum atomic E-state index is 13.1. The minimum Gasteiger partial charge on any atom is -0.396 e. The zero-order valence-corrected chi connectivity index (χ0v) is 11.9. The molecule has 22 heavy (non-hydrogen) atoms. The van der Waals surface area contributed by atoms with Crippen molar-refractivity contribution in [3.8, 4) is 0 Å². The van der Waals surface area contributed by atoms with Gasteiger partial charge in [-0.15, -0.1) is 0 Å². The number of para-hydroxylation sites is 2. The number of alkyl halides is 3. The summed E-state index contributed by atoms with van der Waals surface area (Å²) in [5, 5.41) is 11.3. The van der Waals surface area contributed by atoms with Crippen LogP contribution in [0.5, 0.6) is 0 Å². The molecule has 0 bridgehead atoms. The van der Waals surface area contributed by atoms with Crippen LogP contribution in [-0.4, -0.2) is 33.2 Å². The third-order valence-corrected chi connectivity index (χ3v) is 3.18. The number of carbonyl (C=O) groups excluding carboxylic acids is 1. The summed E-state index contributed by atoms with van der Waals surface area (Å²) < 4.78 is 40.1. The molecule has 2 aromatic rings. The van der Waals surface area contributed by atoms with Crippen molar-refractivity contribution in [2.75, 3.05) is 6.61 Å². The fourth-order valence-corrected chi connectivity index (χ4v) is 2.18. The van der Waals surface area contributed by atoms with Gasteiger partial charge in [-0.2, -0.15) is 13.2 Å². The second-order valence-corrected chi connectivity index (χ2v) is 4.99. The molecule has 5 nitrogen and oxygen atoms in total. The summed E-state index contributed by atoms with van der Waals surface area (Å²) in [5.41, 5.74) is 0.436. The number of aliphatic hydroxyl groups is 1. The Morgan fingerprint density at radius 3 is 2.73 bits per heavy atom. The molecule has 1 amide bonds. The molecule has 0 aliphatic heterocycles. The van der Waals surface area contributed by atoms with Crippen molar-refractivity contribution < 1.29 is 23.1 Å². The second-order valence-electron chi connectivity index (χ2n) is 4.99. The lowest BCUT2D eigenvalue weighted by molar-refractivity contribution is -0.147. The number of carbonyl (C=O) groups is 1. The zero-order valence-electron chi connectivity index (χ0n) is 11.9. The SMILES string of the molecule is C[C@H](CCO)NC(=O)Cn1c(C(F)(F)F)nc2ccccc21. The van der Waals surface area contributed by atoms with Crippen molar-refractivity contribution in [2.45, 2.75) is 32.1 Å². The van der Waals surface area contributed by atoms with Gasteiger partial charge in [0.2, 0.25) is 11.7 Å². The minimum absolute atomic E-state index is 0.108. The van der Waals surface area contributed by atoms with Crippen LogP contribution in [-0.2, 0) is 17.5 Å². The molecule has 8 heteroatoms. The van der Waals surface area contributed by atoms with Crippen molar-refractivity contribution in [3.63, 3.8) is 0 Å². The second kappa shape index (κ2) is 6.35. The fourth-order valence-electron chi connectivity index (χ4n) is 2.18. The third kappa shape index (κ3) is 3.56. The molecule has 120 valence electrons. The van der Waals surface area contributed by atoms with Crippen LogP contribution in [0.2, 0.25) is 0 Å². The van der Waals surface area contributed by atoms with Crippen molar-refractivity contribution in [1.82, 2.24) is 14.9 Å². The molecule has 0 aliphatic carbocycles. The molecular formula is C14H16F3N3O2. The number of nitrogens with one attached hydrogen (secondary N) is 1. The van der Waals surface area contributed by atoms with Crippen LogP contribution in [0.25, 0.3) is 11.0 Å². The van der Waals surface area contributed by atoms with Gasteiger partial charge in [-0.25, -0.2) is 4.98 Å². The summed E-state index contributed by atoms with van der Waals surface area (Å²) in [4.78, 5) is 15.5. The number of halogens is 3. The highest BCUT2D eigenvalue weighted by molar-refractivity contribution is 5.81. The normalized spacial score (nSPS) is 13.3. The number of hydrogen-bond donors (Lipinski definition) is 2. The number of hydrogen-bond acceptors (Lipinski definition) is 3. The molecule has 0 unspecified atom stereocenters. The largest absolute Gasteiger partial charge is 0.449 e. The van der Waals surface area contributed by atoms with Crippen molar-refractivity contribution >= 4 is 16.9 Å². The molecule has 0 spiro atoms. The van der Waals surface area contributed by atoms with E-state index in [0.717, 1.165) is 4.57 Å². The van der Waals surface area contributed by atoms with Gasteiger partial charge in [0.15, 0.2) is 0 Å². The molecule has 1 aromatic heterocycles. The van der Waals surface area contributed by atoms with E-state index in [1.54, 1.807) is 19.1 Å². The molecule has 0 fully saturated rings. The van der Waals surface area contributed by atoms with E-state index < -0.39 is 24.5 Å². The van der Waals surface area contributed by atoms with E-state index >= 15 is 0 Å². The Kier molecular flexibility index (Phi) is 4.70. The van der Waals surface area contributed by atoms with Gasteiger partial charge in [-0.3, -0.25) is 4.79 Å². The van der Waals surface area contributed by atoms with Gasteiger partial charge >= 0.3 is 6.18 Å². The van der Waals surface area contributed by atoms with E-state index in [1.165, 1.54) is 12.1 Å². The highest BCUT2D eigenvalue weighted by Gasteiger charge is 2.38. The van der Waals surface area contributed by atoms with Crippen LogP contribution in [0.15, 0.2) is 24.3 Å². The summed E-state index contributed by atoms with van der Waals surface area (Å²) in [7, 11) is 0. The Morgan fingerprint density at radius 2 is 2.09 bits per heavy atom. The van der Waals surface area contributed by atoms with Crippen molar-refractivity contribution in [2.24, 2.45) is 0 Å². The van der Waals surface area contributed by atoms with Crippen LogP contribution < -0.4 is 5.32 Å². The topological polar surface area (TPSA) is 67.2 Å². The number of imidazole rings is 1. The lowest BCUT2D eigenvalue weighted by atomic mass is 10.2. The van der Waals surface area contributed by atoms with E-state index in [2.05, 4.69) is 10.3 Å². The van der Waals surface area contributed by atoms with Gasteiger partial charge in [-0.1, -0.05) is 12.1 Å². The number of nitrogens with zero attached hydrogens (tertiary/aromatic N) is 2. The Labute approximate surface area is 124 Å². The predicted octanol–water partition coefficient (Wildman–Crippen LogP) is 1.94. The van der Waals surface area contributed by atoms with Crippen LogP contribution in [0.4, 0.5) is 13.2 Å². The first kappa shape index (κ1) is 16.3. The van der Waals surface area contributed by atoms with Crippen LogP contribution in [0, 0.1) is 0 Å². The minimum atomic E-state index is -4.64. The predicted molar refractivity (Wildman–Crippen MR) is 74.0 cm³/mol. The number of benzene rings is 1. The van der Waals surface area contributed by atoms with Crippen molar-refractivity contribution in [3.05, 3.63) is 30.1 Å². The van der Waals surface area contributed by atoms with E-state index in [4.69, 9.17) is 5.11 Å². The molecule has 1 aromatic carbocycles. The highest BCUT2D eigenvalue weighted by atomic mass is 19.4. The average molecular weight is 315 g/mol. The Bertz CT molecular complexity index is 667. The van der Waals surface area contributed by atoms with Gasteiger partial charge < -0.3 is 15.0 Å². The summed E-state index contributed by atoms with van der Waals surface area (Å²) in [6, 6.07) is 5.81. The number of fused-ring (bicyclic) bond motifs is 1. The van der Waals surface area contributed by atoms with Crippen LogP contribution in [0.1, 0.15) is 19.2 Å². The Balaban J connectivity index is 2.31. The van der Waals surface area contributed by atoms with Gasteiger partial charge in [0, 0.05) is 12.6 Å². The monoisotopic (exact) mass is 315 g/mol.